The van der Waals surface area contributed by atoms with Gasteiger partial charge < -0.3 is 9.47 Å². The number of esters is 2. The Morgan fingerprint density at radius 2 is 1.48 bits per heavy atom. The lowest BCUT2D eigenvalue weighted by molar-refractivity contribution is 0.0598. The number of rotatable bonds is 6. The van der Waals surface area contributed by atoms with E-state index in [4.69, 9.17) is 0 Å². The molecule has 0 radical (unpaired) electrons. The zero-order chi connectivity index (χ0) is 20.2. The maximum absolute atomic E-state index is 12.8. The third-order valence-corrected chi connectivity index (χ3v) is 5.23. The summed E-state index contributed by atoms with van der Waals surface area (Å²) < 4.78 is 37.3. The van der Waals surface area contributed by atoms with Gasteiger partial charge in [-0.25, -0.2) is 18.0 Å². The molecule has 8 heteroatoms. The lowest BCUT2D eigenvalue weighted by atomic mass is 10.0. The normalized spacial score (nSPS) is 11.1. The Balaban J connectivity index is 2.49. The molecule has 0 unspecified atom stereocenters. The number of methoxy groups -OCH3 is 2. The van der Waals surface area contributed by atoms with E-state index in [9.17, 15) is 18.0 Å². The third kappa shape index (κ3) is 4.85. The number of sulfonamides is 1. The monoisotopic (exact) mass is 391 g/mol. The quantitative estimate of drug-likeness (QED) is 0.760. The fraction of sp³-hybridized carbons (Fsp3) is 0.263. The first kappa shape index (κ1) is 20.4. The third-order valence-electron chi connectivity index (χ3n) is 3.86. The van der Waals surface area contributed by atoms with Gasteiger partial charge >= 0.3 is 11.9 Å². The Labute approximate surface area is 158 Å². The average molecular weight is 391 g/mol. The van der Waals surface area contributed by atoms with E-state index in [2.05, 4.69) is 14.2 Å². The van der Waals surface area contributed by atoms with Gasteiger partial charge in [0.1, 0.15) is 0 Å². The zero-order valence-corrected chi connectivity index (χ0v) is 16.3. The van der Waals surface area contributed by atoms with Crippen LogP contribution in [0.25, 0.3) is 0 Å². The van der Waals surface area contributed by atoms with Crippen molar-refractivity contribution in [1.82, 2.24) is 0 Å². The summed E-state index contributed by atoms with van der Waals surface area (Å²) in [6.45, 7) is 3.99. The second kappa shape index (κ2) is 8.22. The fourth-order valence-electron chi connectivity index (χ4n) is 2.40. The fourth-order valence-corrected chi connectivity index (χ4v) is 3.52. The lowest BCUT2D eigenvalue weighted by Gasteiger charge is -2.12. The molecule has 0 spiro atoms. The number of ether oxygens (including phenoxy) is 2. The van der Waals surface area contributed by atoms with Crippen molar-refractivity contribution in [2.24, 2.45) is 0 Å². The predicted molar refractivity (Wildman–Crippen MR) is 100 cm³/mol. The lowest BCUT2D eigenvalue weighted by Crippen LogP contribution is -2.16. The number of nitrogens with one attached hydrogen (secondary N) is 1. The van der Waals surface area contributed by atoms with E-state index < -0.39 is 22.0 Å². The SMILES string of the molecule is COC(=O)c1cc(C(=O)OC)cc(S(=O)(=O)Nc2cccc(C(C)C)c2)c1. The first-order valence-corrected chi connectivity index (χ1v) is 9.60. The van der Waals surface area contributed by atoms with Gasteiger partial charge in [-0.1, -0.05) is 26.0 Å². The number of benzene rings is 2. The van der Waals surface area contributed by atoms with Crippen LogP contribution >= 0.6 is 0 Å². The second-order valence-electron chi connectivity index (χ2n) is 6.11. The molecule has 0 fully saturated rings. The molecule has 0 heterocycles. The Morgan fingerprint density at radius 1 is 0.926 bits per heavy atom. The largest absolute Gasteiger partial charge is 0.465 e. The van der Waals surface area contributed by atoms with Crippen LogP contribution in [0.3, 0.4) is 0 Å². The Kier molecular flexibility index (Phi) is 6.22. The minimum atomic E-state index is -4.05. The molecule has 0 aromatic heterocycles. The smallest absolute Gasteiger partial charge is 0.337 e. The average Bonchev–Trinajstić information content (AvgIpc) is 2.66. The zero-order valence-electron chi connectivity index (χ0n) is 15.5. The second-order valence-corrected chi connectivity index (χ2v) is 7.80. The van der Waals surface area contributed by atoms with Crippen LogP contribution in [0.2, 0.25) is 0 Å². The molecule has 0 bridgehead atoms. The maximum Gasteiger partial charge on any atom is 0.337 e. The molecule has 0 aliphatic rings. The Hall–Kier alpha value is -2.87. The molecule has 0 saturated heterocycles. The van der Waals surface area contributed by atoms with Crippen LogP contribution in [-0.2, 0) is 19.5 Å². The number of hydrogen-bond acceptors (Lipinski definition) is 6. The number of hydrogen-bond donors (Lipinski definition) is 1. The highest BCUT2D eigenvalue weighted by Gasteiger charge is 2.21. The summed E-state index contributed by atoms with van der Waals surface area (Å²) in [6, 6.07) is 10.5. The Bertz CT molecular complexity index is 932. The van der Waals surface area contributed by atoms with Crippen molar-refractivity contribution in [1.29, 1.82) is 0 Å². The molecule has 2 rings (SSSR count). The molecule has 0 atom stereocenters. The summed E-state index contributed by atoms with van der Waals surface area (Å²) in [6.07, 6.45) is 0. The maximum atomic E-state index is 12.8. The molecule has 2 aromatic rings. The van der Waals surface area contributed by atoms with Crippen molar-refractivity contribution in [3.8, 4) is 0 Å². The van der Waals surface area contributed by atoms with Crippen LogP contribution in [0.15, 0.2) is 47.4 Å². The summed E-state index contributed by atoms with van der Waals surface area (Å²) in [4.78, 5) is 23.4. The van der Waals surface area contributed by atoms with Crippen LogP contribution < -0.4 is 4.72 Å². The summed E-state index contributed by atoms with van der Waals surface area (Å²) >= 11 is 0. The van der Waals surface area contributed by atoms with Gasteiger partial charge in [-0.15, -0.1) is 0 Å². The minimum absolute atomic E-state index is 0.0725. The highest BCUT2D eigenvalue weighted by molar-refractivity contribution is 7.92. The van der Waals surface area contributed by atoms with Gasteiger partial charge in [0.25, 0.3) is 10.0 Å². The summed E-state index contributed by atoms with van der Waals surface area (Å²) in [5.41, 5.74) is 1.20. The van der Waals surface area contributed by atoms with Gasteiger partial charge in [-0.2, -0.15) is 0 Å². The molecule has 144 valence electrons. The molecule has 0 aliphatic carbocycles. The summed E-state index contributed by atoms with van der Waals surface area (Å²) in [5, 5.41) is 0. The van der Waals surface area contributed by atoms with Crippen LogP contribution in [0.1, 0.15) is 46.0 Å². The van der Waals surface area contributed by atoms with Crippen molar-refractivity contribution >= 4 is 27.6 Å². The first-order valence-electron chi connectivity index (χ1n) is 8.12. The highest BCUT2D eigenvalue weighted by Crippen LogP contribution is 2.23. The molecule has 1 N–H and O–H groups in total. The number of carbonyl (C=O) groups excluding carboxylic acids is 2. The van der Waals surface area contributed by atoms with Crippen molar-refractivity contribution in [3.05, 3.63) is 59.2 Å². The standard InChI is InChI=1S/C19H21NO6S/c1-12(2)13-6-5-7-16(9-13)20-27(23,24)17-10-14(18(21)25-3)8-15(11-17)19(22)26-4/h5-12,20H,1-4H3. The van der Waals surface area contributed by atoms with Crippen LogP contribution in [0, 0.1) is 0 Å². The number of anilines is 1. The molecule has 0 aliphatic heterocycles. The topological polar surface area (TPSA) is 98.8 Å². The van der Waals surface area contributed by atoms with E-state index in [0.717, 1.165) is 31.9 Å². The van der Waals surface area contributed by atoms with E-state index >= 15 is 0 Å². The van der Waals surface area contributed by atoms with Crippen molar-refractivity contribution < 1.29 is 27.5 Å². The van der Waals surface area contributed by atoms with Gasteiger partial charge in [0, 0.05) is 5.69 Å². The summed E-state index contributed by atoms with van der Waals surface area (Å²) in [7, 11) is -1.72. The van der Waals surface area contributed by atoms with Gasteiger partial charge in [0.15, 0.2) is 0 Å². The van der Waals surface area contributed by atoms with E-state index in [1.165, 1.54) is 6.07 Å². The van der Waals surface area contributed by atoms with Gasteiger partial charge in [0.2, 0.25) is 0 Å². The molecule has 0 saturated carbocycles. The van der Waals surface area contributed by atoms with Crippen LogP contribution in [-0.4, -0.2) is 34.6 Å². The molecule has 7 nitrogen and oxygen atoms in total. The van der Waals surface area contributed by atoms with Crippen molar-refractivity contribution in [2.75, 3.05) is 18.9 Å². The molecular formula is C19H21NO6S. The van der Waals surface area contributed by atoms with Crippen LogP contribution in [0.4, 0.5) is 5.69 Å². The van der Waals surface area contributed by atoms with E-state index in [-0.39, 0.29) is 21.9 Å². The van der Waals surface area contributed by atoms with E-state index in [0.29, 0.717) is 5.69 Å². The molecular weight excluding hydrogens is 370 g/mol. The first-order chi connectivity index (χ1) is 12.7. The summed E-state index contributed by atoms with van der Waals surface area (Å²) in [5.74, 6) is -1.30. The Morgan fingerprint density at radius 3 is 1.96 bits per heavy atom. The predicted octanol–water partition coefficient (Wildman–Crippen LogP) is 3.18. The van der Waals surface area contributed by atoms with E-state index in [1.54, 1.807) is 18.2 Å². The minimum Gasteiger partial charge on any atom is -0.465 e. The van der Waals surface area contributed by atoms with Crippen molar-refractivity contribution in [2.45, 2.75) is 24.7 Å². The number of carbonyl (C=O) groups is 2. The highest BCUT2D eigenvalue weighted by atomic mass is 32.2. The van der Waals surface area contributed by atoms with Gasteiger partial charge in [-0.3, -0.25) is 4.72 Å². The van der Waals surface area contributed by atoms with Gasteiger partial charge in [-0.05, 0) is 41.8 Å². The van der Waals surface area contributed by atoms with Crippen LogP contribution in [0.5, 0.6) is 0 Å². The molecule has 2 aromatic carbocycles. The van der Waals surface area contributed by atoms with Gasteiger partial charge in [0.05, 0.1) is 30.2 Å². The molecule has 27 heavy (non-hydrogen) atoms. The molecule has 0 amide bonds. The van der Waals surface area contributed by atoms with Crippen molar-refractivity contribution in [3.63, 3.8) is 0 Å². The van der Waals surface area contributed by atoms with E-state index in [1.807, 2.05) is 19.9 Å².